The lowest BCUT2D eigenvalue weighted by atomic mass is 9.76. The molecular weight excluding hydrogens is 568 g/mol. The zero-order valence-electron chi connectivity index (χ0n) is 28.2. The molecule has 4 aliphatic carbocycles. The molecule has 0 aliphatic heterocycles. The smallest absolute Gasteiger partial charge is 0.407 e. The summed E-state index contributed by atoms with van der Waals surface area (Å²) in [6.45, 7) is 6.60. The Morgan fingerprint density at radius 3 is 1.13 bits per heavy atom. The van der Waals surface area contributed by atoms with Crippen LogP contribution in [0.3, 0.4) is 0 Å². The fourth-order valence-electron chi connectivity index (χ4n) is 8.07. The highest BCUT2D eigenvalue weighted by atomic mass is 16.6. The Kier molecular flexibility index (Phi) is 15.8. The van der Waals surface area contributed by atoms with Gasteiger partial charge in [0.25, 0.3) is 0 Å². The molecular formula is C37H62N2O6. The van der Waals surface area contributed by atoms with Gasteiger partial charge in [-0.15, -0.1) is 0 Å². The topological polar surface area (TPSA) is 95.1 Å². The monoisotopic (exact) mass is 630 g/mol. The highest BCUT2D eigenvalue weighted by molar-refractivity contribution is 5.67. The maximum atomic E-state index is 12.5. The highest BCUT2D eigenvalue weighted by Gasteiger charge is 2.29. The SMILES string of the molecule is CC=COCC1CCC(COC(=O)NC2CCC(CC3CCC(NC(=O)OCC4CCC(COC=CC)CC4)CC3)CC2)CC1. The molecule has 45 heavy (non-hydrogen) atoms. The van der Waals surface area contributed by atoms with Crippen molar-refractivity contribution in [3.63, 3.8) is 0 Å². The van der Waals surface area contributed by atoms with Crippen LogP contribution in [0.1, 0.15) is 123 Å². The molecule has 0 radical (unpaired) electrons. The van der Waals surface area contributed by atoms with Crippen molar-refractivity contribution in [2.45, 2.75) is 135 Å². The van der Waals surface area contributed by atoms with Crippen LogP contribution in [0.15, 0.2) is 24.7 Å². The summed E-state index contributed by atoms with van der Waals surface area (Å²) in [5, 5.41) is 6.29. The van der Waals surface area contributed by atoms with Crippen LogP contribution in [-0.4, -0.2) is 50.7 Å². The Labute approximate surface area is 272 Å². The van der Waals surface area contributed by atoms with Gasteiger partial charge >= 0.3 is 12.2 Å². The van der Waals surface area contributed by atoms with E-state index in [4.69, 9.17) is 18.9 Å². The predicted octanol–water partition coefficient (Wildman–Crippen LogP) is 8.66. The minimum absolute atomic E-state index is 0.237. The number of carbonyl (C=O) groups is 2. The summed E-state index contributed by atoms with van der Waals surface area (Å²) in [6.07, 6.45) is 26.2. The molecule has 0 heterocycles. The third kappa shape index (κ3) is 13.5. The number of hydrogen-bond acceptors (Lipinski definition) is 6. The van der Waals surface area contributed by atoms with Crippen LogP contribution < -0.4 is 10.6 Å². The van der Waals surface area contributed by atoms with Crippen molar-refractivity contribution < 1.29 is 28.5 Å². The van der Waals surface area contributed by atoms with E-state index in [0.717, 1.165) is 102 Å². The van der Waals surface area contributed by atoms with Crippen molar-refractivity contribution in [2.24, 2.45) is 35.5 Å². The lowest BCUT2D eigenvalue weighted by Crippen LogP contribution is -2.40. The maximum Gasteiger partial charge on any atom is 0.407 e. The summed E-state index contributed by atoms with van der Waals surface area (Å²) in [6, 6.07) is 0.484. The van der Waals surface area contributed by atoms with Crippen LogP contribution in [0.2, 0.25) is 0 Å². The van der Waals surface area contributed by atoms with Gasteiger partial charge in [-0.1, -0.05) is 12.2 Å². The zero-order chi connectivity index (χ0) is 31.7. The van der Waals surface area contributed by atoms with E-state index in [-0.39, 0.29) is 24.3 Å². The second-order valence-electron chi connectivity index (χ2n) is 14.5. The Morgan fingerprint density at radius 1 is 0.489 bits per heavy atom. The van der Waals surface area contributed by atoms with Gasteiger partial charge in [-0.05, 0) is 159 Å². The van der Waals surface area contributed by atoms with Gasteiger partial charge in [0, 0.05) is 12.1 Å². The van der Waals surface area contributed by atoms with E-state index in [2.05, 4.69) is 10.6 Å². The van der Waals surface area contributed by atoms with Gasteiger partial charge in [-0.3, -0.25) is 0 Å². The molecule has 0 saturated heterocycles. The Morgan fingerprint density at radius 2 is 0.800 bits per heavy atom. The molecule has 4 saturated carbocycles. The molecule has 0 aromatic heterocycles. The minimum Gasteiger partial charge on any atom is -0.501 e. The van der Waals surface area contributed by atoms with Gasteiger partial charge in [0.2, 0.25) is 0 Å². The minimum atomic E-state index is -0.237. The second-order valence-corrected chi connectivity index (χ2v) is 14.5. The summed E-state index contributed by atoms with van der Waals surface area (Å²) >= 11 is 0. The first-order chi connectivity index (χ1) is 22.0. The van der Waals surface area contributed by atoms with E-state index in [0.29, 0.717) is 36.9 Å². The zero-order valence-corrected chi connectivity index (χ0v) is 28.2. The summed E-state index contributed by atoms with van der Waals surface area (Å²) in [5.41, 5.74) is 0. The van der Waals surface area contributed by atoms with Gasteiger partial charge in [-0.2, -0.15) is 0 Å². The van der Waals surface area contributed by atoms with Crippen LogP contribution in [0.4, 0.5) is 9.59 Å². The molecule has 2 N–H and O–H groups in total. The molecule has 0 spiro atoms. The largest absolute Gasteiger partial charge is 0.501 e. The van der Waals surface area contributed by atoms with Gasteiger partial charge in [0.05, 0.1) is 39.0 Å². The normalized spacial score (nSPS) is 32.6. The van der Waals surface area contributed by atoms with Crippen molar-refractivity contribution in [3.8, 4) is 0 Å². The second kappa shape index (κ2) is 20.0. The van der Waals surface area contributed by atoms with Crippen molar-refractivity contribution in [2.75, 3.05) is 26.4 Å². The number of rotatable bonds is 14. The van der Waals surface area contributed by atoms with Crippen LogP contribution in [-0.2, 0) is 18.9 Å². The van der Waals surface area contributed by atoms with Crippen LogP contribution in [0, 0.1) is 35.5 Å². The lowest BCUT2D eigenvalue weighted by Gasteiger charge is -2.34. The molecule has 8 heteroatoms. The number of allylic oxidation sites excluding steroid dienone is 2. The number of amides is 2. The van der Waals surface area contributed by atoms with Crippen LogP contribution in [0.25, 0.3) is 0 Å². The molecule has 0 aromatic rings. The average Bonchev–Trinajstić information content (AvgIpc) is 3.06. The summed E-state index contributed by atoms with van der Waals surface area (Å²) in [7, 11) is 0. The molecule has 4 fully saturated rings. The van der Waals surface area contributed by atoms with Crippen LogP contribution >= 0.6 is 0 Å². The molecule has 0 unspecified atom stereocenters. The molecule has 0 aromatic carbocycles. The van der Waals surface area contributed by atoms with E-state index < -0.39 is 0 Å². The number of alkyl carbamates (subject to hydrolysis) is 2. The van der Waals surface area contributed by atoms with Gasteiger partial charge in [0.15, 0.2) is 0 Å². The van der Waals surface area contributed by atoms with E-state index in [1.54, 1.807) is 12.5 Å². The van der Waals surface area contributed by atoms with Crippen molar-refractivity contribution in [3.05, 3.63) is 24.7 Å². The Hall–Kier alpha value is -2.38. The van der Waals surface area contributed by atoms with E-state index in [1.165, 1.54) is 32.1 Å². The molecule has 4 rings (SSSR count). The van der Waals surface area contributed by atoms with Gasteiger partial charge < -0.3 is 29.6 Å². The number of ether oxygens (including phenoxy) is 4. The molecule has 2 amide bonds. The quantitative estimate of drug-likeness (QED) is 0.187. The fraction of sp³-hybridized carbons (Fsp3) is 0.838. The number of carbonyl (C=O) groups excluding carboxylic acids is 2. The first-order valence-corrected chi connectivity index (χ1v) is 18.3. The molecule has 256 valence electrons. The van der Waals surface area contributed by atoms with Crippen molar-refractivity contribution in [1.82, 2.24) is 10.6 Å². The number of nitrogens with one attached hydrogen (secondary N) is 2. The number of hydrogen-bond donors (Lipinski definition) is 2. The van der Waals surface area contributed by atoms with E-state index >= 15 is 0 Å². The average molecular weight is 631 g/mol. The predicted molar refractivity (Wildman–Crippen MR) is 178 cm³/mol. The molecule has 0 bridgehead atoms. The Bertz CT molecular complexity index is 821. The van der Waals surface area contributed by atoms with Gasteiger partial charge in [-0.25, -0.2) is 9.59 Å². The van der Waals surface area contributed by atoms with Gasteiger partial charge in [0.1, 0.15) is 0 Å². The third-order valence-electron chi connectivity index (χ3n) is 11.0. The molecule has 0 atom stereocenters. The standard InChI is InChI=1S/C37H62N2O6/c1-3-21-42-24-30-5-9-32(10-6-30)26-44-36(40)38-34-17-13-28(14-18-34)23-29-15-19-35(20-16-29)39-37(41)45-27-33-11-7-31(8-12-33)25-43-22-4-2/h3-4,21-22,28-35H,5-20,23-27H2,1-2H3,(H,38,40)(H,39,41). The summed E-state index contributed by atoms with van der Waals surface area (Å²) in [4.78, 5) is 24.9. The van der Waals surface area contributed by atoms with Crippen LogP contribution in [0.5, 0.6) is 0 Å². The first-order valence-electron chi connectivity index (χ1n) is 18.3. The van der Waals surface area contributed by atoms with E-state index in [9.17, 15) is 9.59 Å². The van der Waals surface area contributed by atoms with Crippen molar-refractivity contribution in [1.29, 1.82) is 0 Å². The lowest BCUT2D eigenvalue weighted by molar-refractivity contribution is 0.0901. The Balaban J connectivity index is 0.990. The summed E-state index contributed by atoms with van der Waals surface area (Å²) < 4.78 is 22.4. The highest BCUT2D eigenvalue weighted by Crippen LogP contribution is 2.36. The summed E-state index contributed by atoms with van der Waals surface area (Å²) in [5.74, 6) is 3.69. The third-order valence-corrected chi connectivity index (χ3v) is 11.0. The first kappa shape index (κ1) is 35.5. The molecule has 8 nitrogen and oxygen atoms in total. The van der Waals surface area contributed by atoms with E-state index in [1.807, 2.05) is 26.0 Å². The van der Waals surface area contributed by atoms with Crippen molar-refractivity contribution >= 4 is 12.2 Å². The molecule has 4 aliphatic rings. The fourth-order valence-corrected chi connectivity index (χ4v) is 8.07. The maximum absolute atomic E-state index is 12.5.